The average molecular weight is 346 g/mol. The number of hydrogen-bond donors (Lipinski definition) is 3. The van der Waals surface area contributed by atoms with Crippen molar-refractivity contribution in [2.45, 2.75) is 18.9 Å². The first-order valence-corrected chi connectivity index (χ1v) is 8.32. The van der Waals surface area contributed by atoms with E-state index in [4.69, 9.17) is 5.11 Å². The number of hydrogen-bond acceptors (Lipinski definition) is 4. The first kappa shape index (κ1) is 17.7. The van der Waals surface area contributed by atoms with Gasteiger partial charge in [-0.15, -0.1) is 11.3 Å². The predicted octanol–water partition coefficient (Wildman–Crippen LogP) is 1.68. The number of thiophene rings is 1. The highest BCUT2D eigenvalue weighted by molar-refractivity contribution is 7.12. The van der Waals surface area contributed by atoms with Crippen LogP contribution in [0.5, 0.6) is 0 Å². The molecule has 1 aromatic carbocycles. The average Bonchev–Trinajstić information content (AvgIpc) is 3.09. The minimum absolute atomic E-state index is 0.0222. The van der Waals surface area contributed by atoms with Crippen LogP contribution in [0.1, 0.15) is 21.7 Å². The Hall–Kier alpha value is -2.67. The van der Waals surface area contributed by atoms with E-state index in [0.717, 1.165) is 5.56 Å². The van der Waals surface area contributed by atoms with Crippen LogP contribution in [0.3, 0.4) is 0 Å². The van der Waals surface area contributed by atoms with Crippen molar-refractivity contribution in [1.82, 2.24) is 10.6 Å². The van der Waals surface area contributed by atoms with Gasteiger partial charge in [-0.25, -0.2) is 0 Å². The molecular weight excluding hydrogens is 328 g/mol. The summed E-state index contributed by atoms with van der Waals surface area (Å²) in [7, 11) is 0. The summed E-state index contributed by atoms with van der Waals surface area (Å²) < 4.78 is 0. The number of aliphatic carboxylic acids is 1. The maximum atomic E-state index is 12.3. The van der Waals surface area contributed by atoms with E-state index >= 15 is 0 Å². The van der Waals surface area contributed by atoms with Gasteiger partial charge < -0.3 is 15.7 Å². The molecule has 2 amide bonds. The van der Waals surface area contributed by atoms with Crippen molar-refractivity contribution in [3.63, 3.8) is 0 Å². The monoisotopic (exact) mass is 346 g/mol. The van der Waals surface area contributed by atoms with Gasteiger partial charge in [-0.1, -0.05) is 36.4 Å². The van der Waals surface area contributed by atoms with Crippen molar-refractivity contribution in [3.05, 3.63) is 58.3 Å². The standard InChI is InChI=1S/C17H18N2O4S/c20-15(21)8-9-18-16(22)13(11-12-5-2-1-3-6-12)19-17(23)14-7-4-10-24-14/h1-7,10,13H,8-9,11H2,(H,18,22)(H,19,23)(H,20,21). The minimum Gasteiger partial charge on any atom is -0.481 e. The molecule has 0 saturated heterocycles. The van der Waals surface area contributed by atoms with Gasteiger partial charge in [0.15, 0.2) is 0 Å². The Morgan fingerprint density at radius 2 is 1.83 bits per heavy atom. The molecule has 0 radical (unpaired) electrons. The number of carbonyl (C=O) groups excluding carboxylic acids is 2. The second kappa shape index (κ2) is 8.83. The Kier molecular flexibility index (Phi) is 6.51. The molecule has 1 unspecified atom stereocenters. The third kappa shape index (κ3) is 5.51. The molecule has 0 aliphatic carbocycles. The molecule has 0 aliphatic heterocycles. The van der Waals surface area contributed by atoms with Gasteiger partial charge in [-0.2, -0.15) is 0 Å². The molecule has 0 bridgehead atoms. The molecule has 0 fully saturated rings. The zero-order valence-electron chi connectivity index (χ0n) is 12.9. The number of carboxylic acids is 1. The fourth-order valence-corrected chi connectivity index (χ4v) is 2.74. The van der Waals surface area contributed by atoms with Gasteiger partial charge in [0.05, 0.1) is 11.3 Å². The van der Waals surface area contributed by atoms with E-state index in [1.54, 1.807) is 17.5 Å². The van der Waals surface area contributed by atoms with E-state index in [0.29, 0.717) is 11.3 Å². The lowest BCUT2D eigenvalue weighted by molar-refractivity contribution is -0.137. The van der Waals surface area contributed by atoms with Crippen molar-refractivity contribution in [3.8, 4) is 0 Å². The first-order chi connectivity index (χ1) is 11.6. The van der Waals surface area contributed by atoms with Crippen molar-refractivity contribution in [2.24, 2.45) is 0 Å². The summed E-state index contributed by atoms with van der Waals surface area (Å²) in [4.78, 5) is 35.6. The second-order valence-electron chi connectivity index (χ2n) is 5.13. The topological polar surface area (TPSA) is 95.5 Å². The summed E-state index contributed by atoms with van der Waals surface area (Å²) in [6.07, 6.45) is 0.166. The Bertz CT molecular complexity index is 686. The predicted molar refractivity (Wildman–Crippen MR) is 91.0 cm³/mol. The van der Waals surface area contributed by atoms with Crippen LogP contribution >= 0.6 is 11.3 Å². The number of benzene rings is 1. The molecule has 0 saturated carbocycles. The van der Waals surface area contributed by atoms with E-state index in [1.807, 2.05) is 30.3 Å². The van der Waals surface area contributed by atoms with E-state index < -0.39 is 17.9 Å². The van der Waals surface area contributed by atoms with Gasteiger partial charge in [-0.3, -0.25) is 14.4 Å². The molecule has 2 aromatic rings. The normalized spacial score (nSPS) is 11.5. The van der Waals surface area contributed by atoms with Crippen LogP contribution in [-0.4, -0.2) is 35.5 Å². The van der Waals surface area contributed by atoms with Crippen LogP contribution < -0.4 is 10.6 Å². The largest absolute Gasteiger partial charge is 0.481 e. The Morgan fingerprint density at radius 1 is 1.08 bits per heavy atom. The quantitative estimate of drug-likeness (QED) is 0.678. The van der Waals surface area contributed by atoms with E-state index in [-0.39, 0.29) is 18.9 Å². The van der Waals surface area contributed by atoms with Gasteiger partial charge in [0.1, 0.15) is 6.04 Å². The van der Waals surface area contributed by atoms with Crippen LogP contribution in [0.25, 0.3) is 0 Å². The fraction of sp³-hybridized carbons (Fsp3) is 0.235. The zero-order valence-corrected chi connectivity index (χ0v) is 13.7. The molecule has 24 heavy (non-hydrogen) atoms. The fourth-order valence-electron chi connectivity index (χ4n) is 2.11. The summed E-state index contributed by atoms with van der Waals surface area (Å²) in [5.74, 6) is -1.71. The van der Waals surface area contributed by atoms with Crippen LogP contribution in [0.2, 0.25) is 0 Å². The van der Waals surface area contributed by atoms with Crippen molar-refractivity contribution in [1.29, 1.82) is 0 Å². The summed E-state index contributed by atoms with van der Waals surface area (Å²) in [5.41, 5.74) is 0.905. The molecule has 6 nitrogen and oxygen atoms in total. The lowest BCUT2D eigenvalue weighted by atomic mass is 10.1. The first-order valence-electron chi connectivity index (χ1n) is 7.44. The highest BCUT2D eigenvalue weighted by atomic mass is 32.1. The van der Waals surface area contributed by atoms with Crippen molar-refractivity contribution >= 4 is 29.1 Å². The van der Waals surface area contributed by atoms with E-state index in [1.165, 1.54) is 11.3 Å². The highest BCUT2D eigenvalue weighted by Gasteiger charge is 2.22. The maximum Gasteiger partial charge on any atom is 0.305 e. The summed E-state index contributed by atoms with van der Waals surface area (Å²) in [6.45, 7) is 0.0222. The third-order valence-corrected chi connectivity index (χ3v) is 4.16. The van der Waals surface area contributed by atoms with Gasteiger partial charge in [0.2, 0.25) is 5.91 Å². The van der Waals surface area contributed by atoms with Crippen molar-refractivity contribution < 1.29 is 19.5 Å². The molecular formula is C17H18N2O4S. The Morgan fingerprint density at radius 3 is 2.46 bits per heavy atom. The number of carbonyl (C=O) groups is 3. The molecule has 3 N–H and O–H groups in total. The summed E-state index contributed by atoms with van der Waals surface area (Å²) in [6, 6.07) is 12.0. The van der Waals surface area contributed by atoms with Crippen LogP contribution in [0.4, 0.5) is 0 Å². The van der Waals surface area contributed by atoms with Crippen molar-refractivity contribution in [2.75, 3.05) is 6.54 Å². The number of rotatable bonds is 8. The molecule has 0 spiro atoms. The maximum absolute atomic E-state index is 12.3. The van der Waals surface area contributed by atoms with Crippen LogP contribution in [0.15, 0.2) is 47.8 Å². The second-order valence-corrected chi connectivity index (χ2v) is 6.08. The lowest BCUT2D eigenvalue weighted by Crippen LogP contribution is -2.48. The van der Waals surface area contributed by atoms with Gasteiger partial charge >= 0.3 is 5.97 Å². The Labute approximate surface area is 143 Å². The SMILES string of the molecule is O=C(O)CCNC(=O)C(Cc1ccccc1)NC(=O)c1cccs1. The minimum atomic E-state index is -0.988. The molecule has 1 atom stereocenters. The summed E-state index contributed by atoms with van der Waals surface area (Å²) in [5, 5.41) is 15.7. The van der Waals surface area contributed by atoms with Crippen LogP contribution in [0, 0.1) is 0 Å². The number of nitrogens with one attached hydrogen (secondary N) is 2. The molecule has 0 aliphatic rings. The lowest BCUT2D eigenvalue weighted by Gasteiger charge is -2.18. The molecule has 2 rings (SSSR count). The van der Waals surface area contributed by atoms with E-state index in [9.17, 15) is 14.4 Å². The smallest absolute Gasteiger partial charge is 0.305 e. The molecule has 126 valence electrons. The zero-order chi connectivity index (χ0) is 17.4. The van der Waals surface area contributed by atoms with Gasteiger partial charge in [-0.05, 0) is 17.0 Å². The Balaban J connectivity index is 2.04. The number of carboxylic acid groups (broad SMARTS) is 1. The third-order valence-electron chi connectivity index (χ3n) is 3.29. The van der Waals surface area contributed by atoms with Gasteiger partial charge in [0.25, 0.3) is 5.91 Å². The number of amides is 2. The molecule has 7 heteroatoms. The molecule has 1 heterocycles. The molecule has 1 aromatic heterocycles. The summed E-state index contributed by atoms with van der Waals surface area (Å²) >= 11 is 1.29. The van der Waals surface area contributed by atoms with Gasteiger partial charge in [0, 0.05) is 13.0 Å². The highest BCUT2D eigenvalue weighted by Crippen LogP contribution is 2.10. The van der Waals surface area contributed by atoms with Crippen LogP contribution in [-0.2, 0) is 16.0 Å². The van der Waals surface area contributed by atoms with E-state index in [2.05, 4.69) is 10.6 Å².